The number of benzene rings is 1. The molecule has 0 saturated heterocycles. The van der Waals surface area contributed by atoms with Crippen molar-refractivity contribution in [1.82, 2.24) is 0 Å². The molecule has 0 heterocycles. The Labute approximate surface area is 121 Å². The van der Waals surface area contributed by atoms with Crippen molar-refractivity contribution in [3.63, 3.8) is 0 Å². The van der Waals surface area contributed by atoms with Gasteiger partial charge in [-0.05, 0) is 52.9 Å². The molecule has 1 fully saturated rings. The summed E-state index contributed by atoms with van der Waals surface area (Å²) in [5.41, 5.74) is 1.43. The Morgan fingerprint density at radius 1 is 1.42 bits per heavy atom. The molecule has 19 heavy (non-hydrogen) atoms. The summed E-state index contributed by atoms with van der Waals surface area (Å²) >= 11 is 3.13. The number of hydrogen-bond donors (Lipinski definition) is 1. The summed E-state index contributed by atoms with van der Waals surface area (Å²) in [6.07, 6.45) is 6.57. The van der Waals surface area contributed by atoms with Gasteiger partial charge < -0.3 is 5.32 Å². The van der Waals surface area contributed by atoms with E-state index in [-0.39, 0.29) is 11.7 Å². The summed E-state index contributed by atoms with van der Waals surface area (Å²) in [6, 6.07) is 3.05. The number of rotatable bonds is 4. The third-order valence-corrected chi connectivity index (χ3v) is 4.40. The van der Waals surface area contributed by atoms with E-state index in [0.29, 0.717) is 22.5 Å². The van der Waals surface area contributed by atoms with E-state index in [1.165, 1.54) is 31.7 Å². The maximum atomic E-state index is 13.4. The van der Waals surface area contributed by atoms with E-state index >= 15 is 0 Å². The monoisotopic (exact) mass is 327 g/mol. The van der Waals surface area contributed by atoms with Gasteiger partial charge in [0.05, 0.1) is 4.47 Å². The Kier molecular flexibility index (Phi) is 4.97. The summed E-state index contributed by atoms with van der Waals surface area (Å²) in [4.78, 5) is 11.9. The van der Waals surface area contributed by atoms with Gasteiger partial charge in [0.25, 0.3) is 0 Å². The van der Waals surface area contributed by atoms with E-state index in [4.69, 9.17) is 0 Å². The molecule has 1 saturated carbocycles. The molecule has 1 amide bonds. The smallest absolute Gasteiger partial charge is 0.224 e. The predicted octanol–water partition coefficient (Wildman–Crippen LogP) is 4.81. The number of aryl methyl sites for hydroxylation is 1. The molecule has 0 bridgehead atoms. The van der Waals surface area contributed by atoms with Crippen LogP contribution in [0.4, 0.5) is 10.1 Å². The van der Waals surface area contributed by atoms with Crippen molar-refractivity contribution in [2.75, 3.05) is 5.32 Å². The second-order valence-corrected chi connectivity index (χ2v) is 6.17. The van der Waals surface area contributed by atoms with Crippen molar-refractivity contribution in [1.29, 1.82) is 0 Å². The van der Waals surface area contributed by atoms with Crippen molar-refractivity contribution < 1.29 is 9.18 Å². The summed E-state index contributed by atoms with van der Waals surface area (Å²) in [5, 5.41) is 2.80. The first kappa shape index (κ1) is 14.5. The quantitative estimate of drug-likeness (QED) is 0.845. The van der Waals surface area contributed by atoms with Gasteiger partial charge in [0.1, 0.15) is 5.82 Å². The first-order chi connectivity index (χ1) is 9.06. The molecule has 0 atom stereocenters. The van der Waals surface area contributed by atoms with Crippen LogP contribution >= 0.6 is 15.9 Å². The third kappa shape index (κ3) is 4.03. The number of nitrogens with one attached hydrogen (secondary N) is 1. The predicted molar refractivity (Wildman–Crippen MR) is 78.7 cm³/mol. The SMILES string of the molecule is Cc1cc(Br)c(F)cc1NC(=O)CCC1CCCC1. The van der Waals surface area contributed by atoms with Gasteiger partial charge in [-0.3, -0.25) is 4.79 Å². The average molecular weight is 328 g/mol. The van der Waals surface area contributed by atoms with Crippen LogP contribution in [-0.2, 0) is 4.79 Å². The Morgan fingerprint density at radius 2 is 2.11 bits per heavy atom. The number of halogens is 2. The van der Waals surface area contributed by atoms with Gasteiger partial charge in [0.2, 0.25) is 5.91 Å². The van der Waals surface area contributed by atoms with E-state index in [9.17, 15) is 9.18 Å². The zero-order chi connectivity index (χ0) is 13.8. The van der Waals surface area contributed by atoms with Crippen LogP contribution in [0.3, 0.4) is 0 Å². The van der Waals surface area contributed by atoms with Crippen LogP contribution in [-0.4, -0.2) is 5.91 Å². The molecule has 1 aromatic carbocycles. The lowest BCUT2D eigenvalue weighted by Crippen LogP contribution is -2.13. The molecule has 1 aliphatic carbocycles. The molecular formula is C15H19BrFNO. The largest absolute Gasteiger partial charge is 0.326 e. The molecular weight excluding hydrogens is 309 g/mol. The fraction of sp³-hybridized carbons (Fsp3) is 0.533. The minimum absolute atomic E-state index is 0.0169. The van der Waals surface area contributed by atoms with Crippen molar-refractivity contribution in [3.05, 3.63) is 28.0 Å². The molecule has 4 heteroatoms. The van der Waals surface area contributed by atoms with Crippen LogP contribution in [0.5, 0.6) is 0 Å². The fourth-order valence-electron chi connectivity index (χ4n) is 2.63. The minimum Gasteiger partial charge on any atom is -0.326 e. The first-order valence-electron chi connectivity index (χ1n) is 6.82. The van der Waals surface area contributed by atoms with Gasteiger partial charge in [-0.15, -0.1) is 0 Å². The lowest BCUT2D eigenvalue weighted by atomic mass is 10.0. The maximum Gasteiger partial charge on any atom is 0.224 e. The van der Waals surface area contributed by atoms with Crippen LogP contribution in [0.25, 0.3) is 0 Å². The van der Waals surface area contributed by atoms with Crippen molar-refractivity contribution in [2.24, 2.45) is 5.92 Å². The number of anilines is 1. The highest BCUT2D eigenvalue weighted by Crippen LogP contribution is 2.29. The van der Waals surface area contributed by atoms with Gasteiger partial charge in [-0.1, -0.05) is 25.7 Å². The van der Waals surface area contributed by atoms with E-state index in [1.54, 1.807) is 6.07 Å². The molecule has 1 aliphatic rings. The highest BCUT2D eigenvalue weighted by molar-refractivity contribution is 9.10. The molecule has 0 aromatic heterocycles. The van der Waals surface area contributed by atoms with Gasteiger partial charge in [0.15, 0.2) is 0 Å². The average Bonchev–Trinajstić information content (AvgIpc) is 2.86. The number of hydrogen-bond acceptors (Lipinski definition) is 1. The number of carbonyl (C=O) groups is 1. The lowest BCUT2D eigenvalue weighted by Gasteiger charge is -2.11. The summed E-state index contributed by atoms with van der Waals surface area (Å²) in [6.45, 7) is 1.86. The second-order valence-electron chi connectivity index (χ2n) is 5.32. The van der Waals surface area contributed by atoms with E-state index in [0.717, 1.165) is 12.0 Å². The minimum atomic E-state index is -0.350. The molecule has 104 valence electrons. The number of amides is 1. The molecule has 1 aromatic rings. The van der Waals surface area contributed by atoms with Gasteiger partial charge in [0, 0.05) is 12.1 Å². The molecule has 0 aliphatic heterocycles. The zero-order valence-electron chi connectivity index (χ0n) is 11.1. The van der Waals surface area contributed by atoms with E-state index in [1.807, 2.05) is 6.92 Å². The van der Waals surface area contributed by atoms with Gasteiger partial charge in [-0.2, -0.15) is 0 Å². The summed E-state index contributed by atoms with van der Waals surface area (Å²) in [7, 11) is 0. The van der Waals surface area contributed by atoms with Gasteiger partial charge in [-0.25, -0.2) is 4.39 Å². The standard InChI is InChI=1S/C15H19BrFNO/c1-10-8-12(16)13(17)9-14(10)18-15(19)7-6-11-4-2-3-5-11/h8-9,11H,2-7H2,1H3,(H,18,19). The Balaban J connectivity index is 1.89. The van der Waals surface area contributed by atoms with Crippen LogP contribution in [0.2, 0.25) is 0 Å². The summed E-state index contributed by atoms with van der Waals surface area (Å²) in [5.74, 6) is 0.335. The van der Waals surface area contributed by atoms with Gasteiger partial charge >= 0.3 is 0 Å². The molecule has 0 unspecified atom stereocenters. The molecule has 0 spiro atoms. The Morgan fingerprint density at radius 3 is 2.79 bits per heavy atom. The first-order valence-corrected chi connectivity index (χ1v) is 7.61. The number of carbonyl (C=O) groups excluding carboxylic acids is 1. The maximum absolute atomic E-state index is 13.4. The summed E-state index contributed by atoms with van der Waals surface area (Å²) < 4.78 is 13.9. The highest BCUT2D eigenvalue weighted by atomic mass is 79.9. The highest BCUT2D eigenvalue weighted by Gasteiger charge is 2.16. The zero-order valence-corrected chi connectivity index (χ0v) is 12.7. The van der Waals surface area contributed by atoms with E-state index in [2.05, 4.69) is 21.2 Å². The van der Waals surface area contributed by atoms with Crippen LogP contribution in [0.15, 0.2) is 16.6 Å². The molecule has 2 rings (SSSR count). The molecule has 0 radical (unpaired) electrons. The molecule has 2 nitrogen and oxygen atoms in total. The van der Waals surface area contributed by atoms with E-state index < -0.39 is 0 Å². The van der Waals surface area contributed by atoms with Crippen LogP contribution < -0.4 is 5.32 Å². The normalized spacial score (nSPS) is 15.7. The lowest BCUT2D eigenvalue weighted by molar-refractivity contribution is -0.116. The Hall–Kier alpha value is -0.900. The van der Waals surface area contributed by atoms with Crippen molar-refractivity contribution >= 4 is 27.5 Å². The third-order valence-electron chi connectivity index (χ3n) is 3.80. The van der Waals surface area contributed by atoms with Crippen LogP contribution in [0.1, 0.15) is 44.1 Å². The molecule has 1 N–H and O–H groups in total. The van der Waals surface area contributed by atoms with Crippen molar-refractivity contribution in [2.45, 2.75) is 45.4 Å². The Bertz CT molecular complexity index is 469. The fourth-order valence-corrected chi connectivity index (χ4v) is 3.09. The topological polar surface area (TPSA) is 29.1 Å². The van der Waals surface area contributed by atoms with Crippen molar-refractivity contribution in [3.8, 4) is 0 Å². The van der Waals surface area contributed by atoms with Crippen LogP contribution in [0, 0.1) is 18.7 Å². The second kappa shape index (κ2) is 6.51.